The Kier molecular flexibility index (Phi) is 4.13. The van der Waals surface area contributed by atoms with E-state index in [-0.39, 0.29) is 5.56 Å². The number of H-pyrrole nitrogens is 2. The minimum atomic E-state index is -0.0383. The lowest BCUT2D eigenvalue weighted by atomic mass is 10.3. The van der Waals surface area contributed by atoms with Crippen molar-refractivity contribution in [1.82, 2.24) is 34.9 Å². The summed E-state index contributed by atoms with van der Waals surface area (Å²) in [6.45, 7) is 7.15. The summed E-state index contributed by atoms with van der Waals surface area (Å²) >= 11 is 1.43. The summed E-state index contributed by atoms with van der Waals surface area (Å²) in [5, 5.41) is 8.97. The molecule has 0 bridgehead atoms. The Bertz CT molecular complexity index is 890. The smallest absolute Gasteiger partial charge is 0.268 e. The van der Waals surface area contributed by atoms with Crippen molar-refractivity contribution in [1.29, 1.82) is 0 Å². The van der Waals surface area contributed by atoms with E-state index in [0.29, 0.717) is 11.2 Å². The van der Waals surface area contributed by atoms with Gasteiger partial charge in [-0.2, -0.15) is 5.10 Å². The van der Waals surface area contributed by atoms with E-state index in [0.717, 1.165) is 55.7 Å². The molecule has 3 aromatic rings. The quantitative estimate of drug-likeness (QED) is 0.724. The van der Waals surface area contributed by atoms with Gasteiger partial charge in [-0.1, -0.05) is 0 Å². The first-order valence-corrected chi connectivity index (χ1v) is 8.84. The zero-order chi connectivity index (χ0) is 16.5. The molecule has 24 heavy (non-hydrogen) atoms. The van der Waals surface area contributed by atoms with Crippen molar-refractivity contribution < 1.29 is 0 Å². The fourth-order valence-corrected chi connectivity index (χ4v) is 3.70. The molecule has 0 amide bonds. The van der Waals surface area contributed by atoms with Crippen LogP contribution < -0.4 is 5.56 Å². The largest absolute Gasteiger partial charge is 0.308 e. The zero-order valence-corrected chi connectivity index (χ0v) is 14.3. The van der Waals surface area contributed by atoms with Gasteiger partial charge in [-0.25, -0.2) is 9.97 Å². The Morgan fingerprint density at radius 1 is 1.17 bits per heavy atom. The van der Waals surface area contributed by atoms with Crippen LogP contribution in [0.3, 0.4) is 0 Å². The third kappa shape index (κ3) is 3.23. The van der Waals surface area contributed by atoms with Gasteiger partial charge in [-0.15, -0.1) is 11.3 Å². The van der Waals surface area contributed by atoms with Crippen molar-refractivity contribution in [3.05, 3.63) is 39.3 Å². The maximum Gasteiger partial charge on any atom is 0.268 e. The molecule has 0 atom stereocenters. The third-order valence-electron chi connectivity index (χ3n) is 4.21. The number of thiophene rings is 1. The maximum absolute atomic E-state index is 12.0. The predicted molar refractivity (Wildman–Crippen MR) is 91.9 cm³/mol. The van der Waals surface area contributed by atoms with Crippen LogP contribution in [0.4, 0.5) is 0 Å². The van der Waals surface area contributed by atoms with Gasteiger partial charge in [-0.05, 0) is 18.4 Å². The summed E-state index contributed by atoms with van der Waals surface area (Å²) in [6.07, 6.45) is 0. The highest BCUT2D eigenvalue weighted by Crippen LogP contribution is 2.14. The van der Waals surface area contributed by atoms with E-state index in [9.17, 15) is 4.79 Å². The fraction of sp³-hybridized carbons (Fsp3) is 0.467. The van der Waals surface area contributed by atoms with Crippen LogP contribution in [0.15, 0.2) is 16.2 Å². The monoisotopic (exact) mass is 345 g/mol. The highest BCUT2D eigenvalue weighted by molar-refractivity contribution is 7.17. The molecule has 2 N–H and O–H groups in total. The van der Waals surface area contributed by atoms with E-state index >= 15 is 0 Å². The highest BCUT2D eigenvalue weighted by atomic mass is 32.1. The predicted octanol–water partition coefficient (Wildman–Crippen LogP) is 0.729. The molecule has 1 aliphatic rings. The average molecular weight is 345 g/mol. The van der Waals surface area contributed by atoms with Gasteiger partial charge < -0.3 is 4.98 Å². The number of piperazine rings is 1. The standard InChI is InChI=1S/C15H19N7OS/c1-10-16-13(20-19-10)9-22-5-3-21(4-6-22)8-12-17-11-2-7-24-14(11)15(23)18-12/h2,7H,3-6,8-9H2,1H3,(H,16,19,20)(H,17,18,23). The molecule has 3 aromatic heterocycles. The Labute approximate surface area is 142 Å². The first-order chi connectivity index (χ1) is 11.7. The molecule has 1 saturated heterocycles. The summed E-state index contributed by atoms with van der Waals surface area (Å²) < 4.78 is 0.699. The highest BCUT2D eigenvalue weighted by Gasteiger charge is 2.19. The summed E-state index contributed by atoms with van der Waals surface area (Å²) in [5.41, 5.74) is 0.751. The number of nitrogens with one attached hydrogen (secondary N) is 2. The van der Waals surface area contributed by atoms with Gasteiger partial charge >= 0.3 is 0 Å². The average Bonchev–Trinajstić information content (AvgIpc) is 3.18. The lowest BCUT2D eigenvalue weighted by Crippen LogP contribution is -2.45. The molecule has 0 radical (unpaired) electrons. The van der Waals surface area contributed by atoms with Gasteiger partial charge in [0.2, 0.25) is 0 Å². The van der Waals surface area contributed by atoms with Crippen molar-refractivity contribution in [3.8, 4) is 0 Å². The third-order valence-corrected chi connectivity index (χ3v) is 5.11. The summed E-state index contributed by atoms with van der Waals surface area (Å²) in [7, 11) is 0. The van der Waals surface area contributed by atoms with Crippen LogP contribution in [0.2, 0.25) is 0 Å². The molecule has 0 unspecified atom stereocenters. The van der Waals surface area contributed by atoms with Crippen molar-refractivity contribution in [2.24, 2.45) is 0 Å². The SMILES string of the molecule is Cc1nc(CN2CCN(Cc3nc4ccsc4c(=O)[nH]3)CC2)n[nH]1. The summed E-state index contributed by atoms with van der Waals surface area (Å²) in [6, 6.07) is 1.90. The first-order valence-electron chi connectivity index (χ1n) is 7.96. The number of aromatic nitrogens is 5. The number of rotatable bonds is 4. The van der Waals surface area contributed by atoms with E-state index in [1.165, 1.54) is 11.3 Å². The second-order valence-corrected chi connectivity index (χ2v) is 6.95. The van der Waals surface area contributed by atoms with E-state index in [1.807, 2.05) is 18.4 Å². The molecule has 0 spiro atoms. The van der Waals surface area contributed by atoms with Gasteiger partial charge in [0.05, 0.1) is 18.6 Å². The lowest BCUT2D eigenvalue weighted by molar-refractivity contribution is 0.118. The topological polar surface area (TPSA) is 93.8 Å². The normalized spacial score (nSPS) is 16.9. The fourth-order valence-electron chi connectivity index (χ4n) is 2.97. The van der Waals surface area contributed by atoms with Crippen LogP contribution in [-0.2, 0) is 13.1 Å². The number of aromatic amines is 2. The number of nitrogens with zero attached hydrogens (tertiary/aromatic N) is 5. The van der Waals surface area contributed by atoms with Crippen LogP contribution >= 0.6 is 11.3 Å². The summed E-state index contributed by atoms with van der Waals surface area (Å²) in [5.74, 6) is 2.43. The number of hydrogen-bond donors (Lipinski definition) is 2. The molecule has 9 heteroatoms. The van der Waals surface area contributed by atoms with E-state index in [1.54, 1.807) is 0 Å². The van der Waals surface area contributed by atoms with Crippen molar-refractivity contribution in [2.45, 2.75) is 20.0 Å². The first kappa shape index (κ1) is 15.4. The van der Waals surface area contributed by atoms with E-state index in [2.05, 4.69) is 34.9 Å². The van der Waals surface area contributed by atoms with Crippen molar-refractivity contribution >= 4 is 21.6 Å². The molecule has 1 aliphatic heterocycles. The second kappa shape index (κ2) is 6.42. The van der Waals surface area contributed by atoms with Crippen LogP contribution in [0, 0.1) is 6.92 Å². The van der Waals surface area contributed by atoms with Crippen LogP contribution in [0.1, 0.15) is 17.5 Å². The summed E-state index contributed by atoms with van der Waals surface area (Å²) in [4.78, 5) is 28.5. The molecule has 4 heterocycles. The Balaban J connectivity index is 1.36. The Morgan fingerprint density at radius 2 is 1.92 bits per heavy atom. The molecule has 126 valence electrons. The molecule has 4 rings (SSSR count). The Hall–Kier alpha value is -2.10. The minimum Gasteiger partial charge on any atom is -0.308 e. The van der Waals surface area contributed by atoms with Gasteiger partial charge in [0.25, 0.3) is 5.56 Å². The van der Waals surface area contributed by atoms with E-state index in [4.69, 9.17) is 0 Å². The second-order valence-electron chi connectivity index (χ2n) is 6.04. The number of aryl methyl sites for hydroxylation is 1. The van der Waals surface area contributed by atoms with Crippen molar-refractivity contribution in [2.75, 3.05) is 26.2 Å². The molecule has 0 saturated carbocycles. The van der Waals surface area contributed by atoms with Crippen LogP contribution in [-0.4, -0.2) is 61.1 Å². The molecular formula is C15H19N7OS. The zero-order valence-electron chi connectivity index (χ0n) is 13.4. The van der Waals surface area contributed by atoms with Gasteiger partial charge in [0.1, 0.15) is 16.3 Å². The molecular weight excluding hydrogens is 326 g/mol. The molecule has 1 fully saturated rings. The Morgan fingerprint density at radius 3 is 2.62 bits per heavy atom. The molecule has 0 aliphatic carbocycles. The maximum atomic E-state index is 12.0. The van der Waals surface area contributed by atoms with Crippen LogP contribution in [0.25, 0.3) is 10.2 Å². The van der Waals surface area contributed by atoms with E-state index < -0.39 is 0 Å². The lowest BCUT2D eigenvalue weighted by Gasteiger charge is -2.33. The number of fused-ring (bicyclic) bond motifs is 1. The van der Waals surface area contributed by atoms with Gasteiger partial charge in [-0.3, -0.25) is 19.7 Å². The number of hydrogen-bond acceptors (Lipinski definition) is 7. The van der Waals surface area contributed by atoms with Gasteiger partial charge in [0.15, 0.2) is 5.82 Å². The van der Waals surface area contributed by atoms with Crippen LogP contribution in [0.5, 0.6) is 0 Å². The molecule has 0 aromatic carbocycles. The minimum absolute atomic E-state index is 0.0383. The van der Waals surface area contributed by atoms with Gasteiger partial charge in [0, 0.05) is 26.2 Å². The molecule has 8 nitrogen and oxygen atoms in total. The van der Waals surface area contributed by atoms with Crippen molar-refractivity contribution in [3.63, 3.8) is 0 Å².